The van der Waals surface area contributed by atoms with Crippen molar-refractivity contribution in [2.45, 2.75) is 141 Å². The molecule has 3 aromatic rings. The fourth-order valence-corrected chi connectivity index (χ4v) is 10.3. The maximum absolute atomic E-state index is 12.4. The highest BCUT2D eigenvalue weighted by atomic mass is 35.7. The summed E-state index contributed by atoms with van der Waals surface area (Å²) in [7, 11) is -12.5. The molecule has 0 amide bonds. The maximum atomic E-state index is 12.4. The fraction of sp³-hybridized carbons (Fsp3) is 0.625. The van der Waals surface area contributed by atoms with Gasteiger partial charge in [0.25, 0.3) is 21.8 Å². The van der Waals surface area contributed by atoms with Crippen molar-refractivity contribution in [1.82, 2.24) is 20.3 Å². The molecule has 10 N–H and O–H groups in total. The van der Waals surface area contributed by atoms with Gasteiger partial charge in [0.15, 0.2) is 0 Å². The van der Waals surface area contributed by atoms with Crippen molar-refractivity contribution in [3.8, 4) is 0 Å². The maximum Gasteiger partial charge on any atom is 0.325 e. The van der Waals surface area contributed by atoms with Crippen LogP contribution < -0.4 is 31.8 Å². The van der Waals surface area contributed by atoms with Crippen molar-refractivity contribution in [2.75, 3.05) is 99.1 Å². The number of halogens is 1. The van der Waals surface area contributed by atoms with Crippen LogP contribution in [0.2, 0.25) is 0 Å². The van der Waals surface area contributed by atoms with Gasteiger partial charge in [-0.15, -0.1) is 0 Å². The number of unbranched alkanes of at least 4 members (excludes halogenated alkanes) is 2. The second-order valence-corrected chi connectivity index (χ2v) is 34.3. The first kappa shape index (κ1) is 99.9. The standard InChI is InChI=1S/C14H29N2O5P.C14H22NO4P.C8H10ClO2P.C8H11O3P.C7H16NO4P.C7H15NO2.C6H13NO2/c1-6-8-9-21-14(18)12(4)16-22(5,19)15-10-11(3)13(17)20-7-2;1-4-18-14(16)12(2)10-15-20(3,17)19-11-13-8-6-5-7-9-13;2*1-12(9,10)11-7-8-5-3-2-4-6-8;1-4-12-7(9)6(2)5-8-13(3,10)11;1-3-4-5-10-7(9)6(2)8;1-3-9-6(8)5(2)4-7/h11-12H,6-10H2,1-5H3,(H2,15,16,19);5-9,12H,4,10-11H2,1-3H3,(H,15,17);2-6H,7H2,1H3;2-6H,7H2,1H3,(H,9,10);6H,4-5H2,1-3H3,(H2,8,10,11);6H,3-5,8H2,1-2H3;5H,3-4,7H2,1-2H3. The van der Waals surface area contributed by atoms with Gasteiger partial charge in [0.05, 0.1) is 83.1 Å². The first-order chi connectivity index (χ1) is 45.6. The molecular weight excluding hydrogens is 1400 g/mol. The van der Waals surface area contributed by atoms with Gasteiger partial charge in [-0.3, -0.25) is 56.7 Å². The average Bonchev–Trinajstić information content (AvgIpc) is 0.959. The molecule has 0 aromatic heterocycles. The summed E-state index contributed by atoms with van der Waals surface area (Å²) in [6, 6.07) is 27.1. The van der Waals surface area contributed by atoms with Crippen LogP contribution in [0.3, 0.4) is 0 Å². The van der Waals surface area contributed by atoms with E-state index in [-0.39, 0.29) is 74.5 Å². The second-order valence-electron chi connectivity index (χ2n) is 22.1. The molecule has 0 saturated carbocycles. The van der Waals surface area contributed by atoms with Crippen molar-refractivity contribution in [3.05, 3.63) is 108 Å². The zero-order valence-corrected chi connectivity index (χ0v) is 65.7. The van der Waals surface area contributed by atoms with Gasteiger partial charge in [-0.25, -0.2) is 15.3 Å². The zero-order chi connectivity index (χ0) is 76.0. The summed E-state index contributed by atoms with van der Waals surface area (Å²) in [5.74, 6) is -3.30. The molecule has 566 valence electrons. The van der Waals surface area contributed by atoms with Gasteiger partial charge in [-0.2, -0.15) is 0 Å². The second kappa shape index (κ2) is 58.0. The van der Waals surface area contributed by atoms with Gasteiger partial charge >= 0.3 is 43.4 Å². The number of rotatable bonds is 37. The lowest BCUT2D eigenvalue weighted by atomic mass is 10.2. The molecule has 28 nitrogen and oxygen atoms in total. The summed E-state index contributed by atoms with van der Waals surface area (Å²) in [6.07, 6.45) is 3.69. The summed E-state index contributed by atoms with van der Waals surface area (Å²) in [5.41, 5.74) is 13.3. The zero-order valence-electron chi connectivity index (χ0n) is 60.5. The first-order valence-corrected chi connectivity index (χ1v) is 43.5. The van der Waals surface area contributed by atoms with Crippen molar-refractivity contribution < 1.29 is 103 Å². The van der Waals surface area contributed by atoms with Gasteiger partial charge in [-0.1, -0.05) is 145 Å². The SMILES string of the molecule is CCCCOC(=O)C(C)N.CCCCOC(=O)C(C)NP(C)(=O)NCC(C)C(=O)OCC.CCOC(=O)C(C)CN.CCOC(=O)C(C)CNP(C)(=O)O.CCOC(=O)C(C)CNP(C)(=O)OCc1ccccc1.CP(=O)(Cl)OCc1ccccc1.CP(=O)(O)OCc1ccccc1. The van der Waals surface area contributed by atoms with E-state index in [1.54, 1.807) is 69.2 Å². The van der Waals surface area contributed by atoms with E-state index in [2.05, 4.69) is 25.1 Å². The van der Waals surface area contributed by atoms with Gasteiger partial charge in [-0.05, 0) is 82.3 Å². The molecular formula is C64H116ClN6O22P5. The Balaban J connectivity index is -0.000000538. The number of nitrogens with two attached hydrogens (primary N) is 2. The van der Waals surface area contributed by atoms with E-state index in [4.69, 9.17) is 69.8 Å². The average molecular weight is 1510 g/mol. The Bertz CT molecular complexity index is 2800. The monoisotopic (exact) mass is 1510 g/mol. The molecule has 34 heteroatoms. The summed E-state index contributed by atoms with van der Waals surface area (Å²) < 4.78 is 101. The lowest BCUT2D eigenvalue weighted by Gasteiger charge is -2.21. The van der Waals surface area contributed by atoms with Crippen LogP contribution in [0.25, 0.3) is 0 Å². The molecule has 0 spiro atoms. The number of benzene rings is 3. The Morgan fingerprint density at radius 1 is 0.459 bits per heavy atom. The smallest absolute Gasteiger partial charge is 0.325 e. The van der Waals surface area contributed by atoms with E-state index < -0.39 is 66.7 Å². The Kier molecular flexibility index (Phi) is 59.1. The van der Waals surface area contributed by atoms with Crippen LogP contribution in [-0.4, -0.2) is 157 Å². The van der Waals surface area contributed by atoms with Gasteiger partial charge < -0.3 is 63.2 Å². The number of esters is 6. The quantitative estimate of drug-likeness (QED) is 0.0115. The molecule has 0 aliphatic heterocycles. The predicted molar refractivity (Wildman–Crippen MR) is 386 cm³/mol. The highest BCUT2D eigenvalue weighted by Gasteiger charge is 2.26. The topological polar surface area (TPSA) is 411 Å². The van der Waals surface area contributed by atoms with Crippen LogP contribution in [0.15, 0.2) is 91.0 Å². The summed E-state index contributed by atoms with van der Waals surface area (Å²) in [6.45, 7) is 28.9. The highest BCUT2D eigenvalue weighted by molar-refractivity contribution is 7.84. The van der Waals surface area contributed by atoms with E-state index in [1.165, 1.54) is 33.3 Å². The van der Waals surface area contributed by atoms with Crippen molar-refractivity contribution in [3.63, 3.8) is 0 Å². The fourth-order valence-electron chi connectivity index (χ4n) is 6.11. The lowest BCUT2D eigenvalue weighted by molar-refractivity contribution is -0.148. The summed E-state index contributed by atoms with van der Waals surface area (Å²) >= 11 is 5.42. The highest BCUT2D eigenvalue weighted by Crippen LogP contribution is 2.48. The van der Waals surface area contributed by atoms with Crippen molar-refractivity contribution in [2.24, 2.45) is 35.1 Å². The Morgan fingerprint density at radius 2 is 0.786 bits per heavy atom. The molecule has 0 aliphatic rings. The minimum Gasteiger partial charge on any atom is -0.466 e. The molecule has 0 radical (unpaired) electrons. The largest absolute Gasteiger partial charge is 0.466 e. The number of carbonyl (C=O) groups is 6. The third-order valence-electron chi connectivity index (χ3n) is 11.8. The molecule has 0 fully saturated rings. The molecule has 0 saturated heterocycles. The van der Waals surface area contributed by atoms with E-state index in [1.807, 2.05) is 105 Å². The summed E-state index contributed by atoms with van der Waals surface area (Å²) in [4.78, 5) is 84.7. The molecule has 11 atom stereocenters. The molecule has 0 bridgehead atoms. The minimum absolute atomic E-state index is 0.156. The normalized spacial score (nSPS) is 15.4. The lowest BCUT2D eigenvalue weighted by Crippen LogP contribution is -2.38. The third kappa shape index (κ3) is 63.6. The van der Waals surface area contributed by atoms with Crippen LogP contribution in [0.1, 0.15) is 125 Å². The number of ether oxygens (including phenoxy) is 6. The predicted octanol–water partition coefficient (Wildman–Crippen LogP) is 11.4. The molecule has 3 aromatic carbocycles. The molecule has 11 unspecified atom stereocenters. The molecule has 0 aliphatic carbocycles. The van der Waals surface area contributed by atoms with Gasteiger partial charge in [0, 0.05) is 59.5 Å². The van der Waals surface area contributed by atoms with Gasteiger partial charge in [0.2, 0.25) is 7.44 Å². The van der Waals surface area contributed by atoms with Crippen molar-refractivity contribution in [1.29, 1.82) is 0 Å². The minimum atomic E-state index is -3.33. The molecule has 98 heavy (non-hydrogen) atoms. The van der Waals surface area contributed by atoms with Crippen LogP contribution >= 0.6 is 48.0 Å². The Labute approximate surface area is 587 Å². The number of nitrogens with one attached hydrogen (secondary N) is 4. The molecule has 0 heterocycles. The molecule has 3 rings (SSSR count). The van der Waals surface area contributed by atoms with Crippen LogP contribution in [-0.2, 0) is 113 Å². The first-order valence-electron chi connectivity index (χ1n) is 32.2. The number of hydrogen-bond donors (Lipinski definition) is 8. The van der Waals surface area contributed by atoms with Gasteiger partial charge in [0.1, 0.15) is 12.1 Å². The van der Waals surface area contributed by atoms with Crippen LogP contribution in [0, 0.1) is 23.7 Å². The van der Waals surface area contributed by atoms with E-state index in [0.29, 0.717) is 52.8 Å². The van der Waals surface area contributed by atoms with E-state index in [0.717, 1.165) is 42.4 Å². The van der Waals surface area contributed by atoms with E-state index in [9.17, 15) is 51.6 Å². The van der Waals surface area contributed by atoms with Crippen LogP contribution in [0.4, 0.5) is 0 Å². The Hall–Kier alpha value is -4.52. The number of carbonyl (C=O) groups excluding carboxylic acids is 6. The Morgan fingerprint density at radius 3 is 1.10 bits per heavy atom. The van der Waals surface area contributed by atoms with E-state index >= 15 is 0 Å². The van der Waals surface area contributed by atoms with Crippen molar-refractivity contribution >= 4 is 83.9 Å². The third-order valence-corrected chi connectivity index (χ3v) is 17.1. The number of hydrogen-bond acceptors (Lipinski definition) is 22. The summed E-state index contributed by atoms with van der Waals surface area (Å²) in [5, 5.41) is 10.7. The van der Waals surface area contributed by atoms with Crippen LogP contribution in [0.5, 0.6) is 0 Å².